The number of amides is 1. The van der Waals surface area contributed by atoms with Crippen LogP contribution in [0.2, 0.25) is 0 Å². The lowest BCUT2D eigenvalue weighted by Gasteiger charge is -2.07. The Bertz CT molecular complexity index is 412. The molecule has 0 rings (SSSR count). The first-order valence-corrected chi connectivity index (χ1v) is 5.77. The summed E-state index contributed by atoms with van der Waals surface area (Å²) in [5.41, 5.74) is 15.4. The van der Waals surface area contributed by atoms with E-state index in [9.17, 15) is 4.79 Å². The van der Waals surface area contributed by atoms with Gasteiger partial charge in [0.2, 0.25) is 0 Å². The molecule has 0 radical (unpaired) electrons. The van der Waals surface area contributed by atoms with Gasteiger partial charge in [0.15, 0.2) is 16.0 Å². The minimum absolute atomic E-state index is 0.0650. The highest BCUT2D eigenvalue weighted by molar-refractivity contribution is 8.13. The van der Waals surface area contributed by atoms with Crippen LogP contribution in [0.15, 0.2) is 28.2 Å². The average Bonchev–Trinajstić information content (AvgIpc) is 2.24. The number of halogens is 1. The number of carbonyl (C=O) groups is 1. The molecule has 7 nitrogen and oxygen atoms in total. The van der Waals surface area contributed by atoms with Gasteiger partial charge in [-0.3, -0.25) is 10.2 Å². The molecule has 0 aromatic carbocycles. The zero-order valence-electron chi connectivity index (χ0n) is 9.08. The van der Waals surface area contributed by atoms with Crippen LogP contribution in [-0.2, 0) is 4.79 Å². The summed E-state index contributed by atoms with van der Waals surface area (Å²) in [6.45, 7) is 3.37. The van der Waals surface area contributed by atoms with E-state index >= 15 is 0 Å². The number of nitrogens with two attached hydrogens (primary N) is 3. The third-order valence-electron chi connectivity index (χ3n) is 1.40. The highest BCUT2D eigenvalue weighted by Gasteiger charge is 2.15. The molecule has 17 heavy (non-hydrogen) atoms. The van der Waals surface area contributed by atoms with Gasteiger partial charge < -0.3 is 22.5 Å². The minimum Gasteiger partial charge on any atom is -0.397 e. The molecule has 1 amide bonds. The molecule has 0 saturated carbocycles. The van der Waals surface area contributed by atoms with Crippen LogP contribution in [0.5, 0.6) is 0 Å². The van der Waals surface area contributed by atoms with Crippen LogP contribution in [0.25, 0.3) is 0 Å². The molecular formula is C8H13ClN6OS. The number of hydrogen-bond acceptors (Lipinski definition) is 7. The molecule has 94 valence electrons. The highest BCUT2D eigenvalue weighted by atomic mass is 35.5. The first kappa shape index (κ1) is 15.3. The maximum atomic E-state index is 11.6. The van der Waals surface area contributed by atoms with Gasteiger partial charge in [0.05, 0.1) is 5.70 Å². The predicted molar refractivity (Wildman–Crippen MR) is 71.4 cm³/mol. The topological polar surface area (TPSA) is 143 Å². The molecule has 0 bridgehead atoms. The molecule has 0 aliphatic heterocycles. The zero-order valence-corrected chi connectivity index (χ0v) is 10.7. The van der Waals surface area contributed by atoms with E-state index in [1.54, 1.807) is 6.26 Å². The van der Waals surface area contributed by atoms with E-state index in [2.05, 4.69) is 16.9 Å². The number of aliphatic imine (C=N–C) groups is 1. The van der Waals surface area contributed by atoms with Crippen LogP contribution in [-0.4, -0.2) is 23.0 Å². The molecule has 0 aliphatic rings. The quantitative estimate of drug-likeness (QED) is 0.271. The Hall–Kier alpha value is -1.67. The lowest BCUT2D eigenvalue weighted by molar-refractivity contribution is -0.113. The lowest BCUT2D eigenvalue weighted by atomic mass is 10.3. The number of hydrogen-bond donors (Lipinski definition) is 5. The summed E-state index contributed by atoms with van der Waals surface area (Å²) in [4.78, 5) is 15.2. The van der Waals surface area contributed by atoms with E-state index in [0.717, 1.165) is 11.8 Å². The van der Waals surface area contributed by atoms with E-state index < -0.39 is 5.91 Å². The second-order valence-electron chi connectivity index (χ2n) is 2.72. The average molecular weight is 277 g/mol. The van der Waals surface area contributed by atoms with Crippen LogP contribution in [0.4, 0.5) is 0 Å². The number of carbonyl (C=O) groups excluding carboxylic acids is 1. The molecule has 0 spiro atoms. The fourth-order valence-corrected chi connectivity index (χ4v) is 0.924. The van der Waals surface area contributed by atoms with Crippen molar-refractivity contribution in [3.8, 4) is 0 Å². The van der Waals surface area contributed by atoms with Gasteiger partial charge in [-0.1, -0.05) is 29.9 Å². The summed E-state index contributed by atoms with van der Waals surface area (Å²) in [7, 11) is 0. The summed E-state index contributed by atoms with van der Waals surface area (Å²) in [5.74, 6) is -0.964. The Balaban J connectivity index is 5.14. The molecule has 0 heterocycles. The third-order valence-corrected chi connectivity index (χ3v) is 2.21. The standard InChI is InChI=1S/C8H13ClN6OS/c1-3(10)4(14-5(9)6(11)12)7(16)15-8(13)17-2/h1,10-12H2,2H3,(H2,13,15,16)/b14-4+. The Morgan fingerprint density at radius 2 is 2.00 bits per heavy atom. The first-order valence-electron chi connectivity index (χ1n) is 4.17. The monoisotopic (exact) mass is 276 g/mol. The summed E-state index contributed by atoms with van der Waals surface area (Å²) in [5, 5.41) is 9.18. The summed E-state index contributed by atoms with van der Waals surface area (Å²) in [6.07, 6.45) is 1.63. The van der Waals surface area contributed by atoms with Gasteiger partial charge in [0.25, 0.3) is 5.91 Å². The van der Waals surface area contributed by atoms with Gasteiger partial charge in [-0.25, -0.2) is 4.99 Å². The van der Waals surface area contributed by atoms with Crippen molar-refractivity contribution in [2.45, 2.75) is 0 Å². The molecule has 0 fully saturated rings. The predicted octanol–water partition coefficient (Wildman–Crippen LogP) is -0.403. The van der Waals surface area contributed by atoms with Gasteiger partial charge in [-0.15, -0.1) is 0 Å². The van der Waals surface area contributed by atoms with Gasteiger partial charge >= 0.3 is 0 Å². The summed E-state index contributed by atoms with van der Waals surface area (Å²) >= 11 is 6.61. The van der Waals surface area contributed by atoms with Crippen LogP contribution >= 0.6 is 23.4 Å². The van der Waals surface area contributed by atoms with Crippen LogP contribution < -0.4 is 22.5 Å². The van der Waals surface area contributed by atoms with E-state index in [1.165, 1.54) is 0 Å². The van der Waals surface area contributed by atoms with Crippen LogP contribution in [0.1, 0.15) is 0 Å². The summed E-state index contributed by atoms with van der Waals surface area (Å²) in [6, 6.07) is 0. The van der Waals surface area contributed by atoms with E-state index in [-0.39, 0.29) is 27.6 Å². The van der Waals surface area contributed by atoms with E-state index in [0.29, 0.717) is 0 Å². The van der Waals surface area contributed by atoms with Crippen LogP contribution in [0.3, 0.4) is 0 Å². The van der Waals surface area contributed by atoms with Crippen molar-refractivity contribution in [3.05, 3.63) is 23.3 Å². The maximum Gasteiger partial charge on any atom is 0.277 e. The van der Waals surface area contributed by atoms with Crippen molar-refractivity contribution in [1.82, 2.24) is 5.32 Å². The number of rotatable bonds is 3. The fraction of sp³-hybridized carbons (Fsp3) is 0.125. The third kappa shape index (κ3) is 5.27. The van der Waals surface area contributed by atoms with Crippen molar-refractivity contribution in [1.29, 1.82) is 5.41 Å². The smallest absolute Gasteiger partial charge is 0.277 e. The highest BCUT2D eigenvalue weighted by Crippen LogP contribution is 2.06. The first-order chi connectivity index (χ1) is 7.79. The molecule has 0 saturated heterocycles. The zero-order chi connectivity index (χ0) is 13.6. The number of nitrogens with one attached hydrogen (secondary N) is 2. The van der Waals surface area contributed by atoms with Gasteiger partial charge in [-0.2, -0.15) is 0 Å². The Labute approximate surface area is 108 Å². The molecule has 0 unspecified atom stereocenters. The van der Waals surface area contributed by atoms with Gasteiger partial charge in [0.1, 0.15) is 5.82 Å². The summed E-state index contributed by atoms with van der Waals surface area (Å²) < 4.78 is 0. The largest absolute Gasteiger partial charge is 0.397 e. The minimum atomic E-state index is -0.712. The molecule has 0 aliphatic carbocycles. The SMILES string of the molecule is C=C(N)/C(=N\C(Cl)=C(N)N)C(=O)NC(=N)SC. The van der Waals surface area contributed by atoms with Crippen LogP contribution in [0, 0.1) is 5.41 Å². The molecule has 0 atom stereocenters. The van der Waals surface area contributed by atoms with E-state index in [1.807, 2.05) is 0 Å². The van der Waals surface area contributed by atoms with Crippen molar-refractivity contribution in [3.63, 3.8) is 0 Å². The van der Waals surface area contributed by atoms with Crippen molar-refractivity contribution >= 4 is 40.1 Å². The Morgan fingerprint density at radius 1 is 1.47 bits per heavy atom. The Kier molecular flexibility index (Phi) is 6.15. The normalized spacial score (nSPS) is 10.6. The van der Waals surface area contributed by atoms with Gasteiger partial charge in [0, 0.05) is 0 Å². The maximum absolute atomic E-state index is 11.6. The van der Waals surface area contributed by atoms with Crippen molar-refractivity contribution < 1.29 is 4.79 Å². The van der Waals surface area contributed by atoms with Crippen molar-refractivity contribution in [2.24, 2.45) is 22.2 Å². The second-order valence-corrected chi connectivity index (χ2v) is 3.89. The number of amidine groups is 1. The lowest BCUT2D eigenvalue weighted by Crippen LogP contribution is -2.36. The number of thioether (sulfide) groups is 1. The second kappa shape index (κ2) is 6.81. The molecular weight excluding hydrogens is 264 g/mol. The molecule has 8 N–H and O–H groups in total. The molecule has 9 heteroatoms. The molecule has 0 aromatic rings. The van der Waals surface area contributed by atoms with Crippen molar-refractivity contribution in [2.75, 3.05) is 6.26 Å². The van der Waals surface area contributed by atoms with E-state index in [4.69, 9.17) is 34.2 Å². The van der Waals surface area contributed by atoms with Gasteiger partial charge in [-0.05, 0) is 6.26 Å². The fourth-order valence-electron chi connectivity index (χ4n) is 0.644. The number of nitrogens with zero attached hydrogens (tertiary/aromatic N) is 1. The Morgan fingerprint density at radius 3 is 2.35 bits per heavy atom. The molecule has 0 aromatic heterocycles.